The molecule has 35 heavy (non-hydrogen) atoms. The average molecular weight is 479 g/mol. The summed E-state index contributed by atoms with van der Waals surface area (Å²) in [5.74, 6) is 0.383. The first kappa shape index (κ1) is 23.0. The first-order valence-corrected chi connectivity index (χ1v) is 11.9. The number of aromatic nitrogens is 4. The van der Waals surface area contributed by atoms with Gasteiger partial charge in [-0.05, 0) is 57.1 Å². The molecule has 2 saturated carbocycles. The third-order valence-electron chi connectivity index (χ3n) is 7.16. The van der Waals surface area contributed by atoms with Crippen molar-refractivity contribution in [3.8, 4) is 17.1 Å². The maximum absolute atomic E-state index is 13.3. The van der Waals surface area contributed by atoms with Crippen molar-refractivity contribution in [1.82, 2.24) is 30.2 Å². The zero-order valence-corrected chi connectivity index (χ0v) is 19.7. The molecular weight excluding hydrogens is 448 g/mol. The van der Waals surface area contributed by atoms with E-state index in [9.17, 15) is 9.59 Å². The van der Waals surface area contributed by atoms with E-state index in [1.54, 1.807) is 30.0 Å². The van der Waals surface area contributed by atoms with Gasteiger partial charge in [-0.15, -0.1) is 0 Å². The van der Waals surface area contributed by atoms with Crippen LogP contribution in [0.2, 0.25) is 0 Å². The number of amides is 2. The van der Waals surface area contributed by atoms with Gasteiger partial charge in [0.25, 0.3) is 5.91 Å². The zero-order valence-electron chi connectivity index (χ0n) is 19.7. The molecule has 0 radical (unpaired) electrons. The van der Waals surface area contributed by atoms with Gasteiger partial charge in [0.2, 0.25) is 11.8 Å². The fourth-order valence-electron chi connectivity index (χ4n) is 4.89. The summed E-state index contributed by atoms with van der Waals surface area (Å²) in [6.45, 7) is 0. The van der Waals surface area contributed by atoms with Gasteiger partial charge in [0.15, 0.2) is 5.82 Å². The molecule has 0 bridgehead atoms. The van der Waals surface area contributed by atoms with Crippen LogP contribution in [0, 0.1) is 0 Å². The lowest BCUT2D eigenvalue weighted by Gasteiger charge is -2.38. The number of ether oxygens (including phenoxy) is 1. The Labute approximate surface area is 202 Å². The van der Waals surface area contributed by atoms with Crippen molar-refractivity contribution in [1.29, 1.82) is 0 Å². The molecule has 5 rings (SSSR count). The molecule has 11 heteroatoms. The Morgan fingerprint density at radius 2 is 1.83 bits per heavy atom. The lowest BCUT2D eigenvalue weighted by atomic mass is 9.76. The third-order valence-corrected chi connectivity index (χ3v) is 7.16. The molecule has 0 aromatic carbocycles. The molecule has 0 unspecified atom stereocenters. The summed E-state index contributed by atoms with van der Waals surface area (Å²) in [6, 6.07) is 5.43. The summed E-state index contributed by atoms with van der Waals surface area (Å²) in [5, 5.41) is 10.6. The minimum Gasteiger partial charge on any atom is -0.481 e. The molecule has 0 spiro atoms. The van der Waals surface area contributed by atoms with Gasteiger partial charge < -0.3 is 26.8 Å². The second kappa shape index (κ2) is 9.14. The van der Waals surface area contributed by atoms with Gasteiger partial charge >= 0.3 is 0 Å². The fraction of sp³-hybridized carbons (Fsp3) is 0.458. The van der Waals surface area contributed by atoms with E-state index in [1.807, 2.05) is 6.07 Å². The highest BCUT2D eigenvalue weighted by molar-refractivity contribution is 6.05. The normalized spacial score (nSPS) is 21.2. The first-order chi connectivity index (χ1) is 16.9. The molecule has 184 valence electrons. The molecule has 2 aliphatic rings. The number of hydrogen-bond donors (Lipinski definition) is 4. The Morgan fingerprint density at radius 1 is 1.11 bits per heavy atom. The highest BCUT2D eigenvalue weighted by Gasteiger charge is 2.41. The largest absolute Gasteiger partial charge is 0.481 e. The van der Waals surface area contributed by atoms with Gasteiger partial charge in [0.05, 0.1) is 23.9 Å². The number of carbonyl (C=O) groups excluding carboxylic acids is 2. The third kappa shape index (κ3) is 4.39. The number of rotatable bonds is 6. The van der Waals surface area contributed by atoms with Crippen LogP contribution in [-0.2, 0) is 4.79 Å². The number of anilines is 1. The van der Waals surface area contributed by atoms with Gasteiger partial charge in [0, 0.05) is 29.9 Å². The van der Waals surface area contributed by atoms with Gasteiger partial charge in [-0.2, -0.15) is 5.10 Å². The lowest BCUT2D eigenvalue weighted by Crippen LogP contribution is -2.60. The van der Waals surface area contributed by atoms with E-state index in [2.05, 4.69) is 25.7 Å². The molecule has 6 N–H and O–H groups in total. The van der Waals surface area contributed by atoms with Crippen molar-refractivity contribution >= 4 is 23.1 Å². The van der Waals surface area contributed by atoms with Gasteiger partial charge in [-0.25, -0.2) is 14.5 Å². The summed E-state index contributed by atoms with van der Waals surface area (Å²) < 4.78 is 6.85. The number of pyridine rings is 1. The molecule has 11 nitrogen and oxygen atoms in total. The van der Waals surface area contributed by atoms with Crippen molar-refractivity contribution < 1.29 is 14.3 Å². The Balaban J connectivity index is 1.30. The number of nitrogens with two attached hydrogens (primary N) is 2. The maximum atomic E-state index is 13.3. The van der Waals surface area contributed by atoms with Crippen LogP contribution in [0.3, 0.4) is 0 Å². The molecule has 3 aromatic rings. The molecule has 0 atom stereocenters. The fourth-order valence-corrected chi connectivity index (χ4v) is 4.89. The second-order valence-electron chi connectivity index (χ2n) is 9.44. The van der Waals surface area contributed by atoms with Crippen LogP contribution in [0.5, 0.6) is 5.88 Å². The van der Waals surface area contributed by atoms with Gasteiger partial charge in [-0.1, -0.05) is 0 Å². The molecule has 2 aliphatic carbocycles. The van der Waals surface area contributed by atoms with Crippen molar-refractivity contribution in [2.24, 2.45) is 5.73 Å². The molecule has 3 heterocycles. The van der Waals surface area contributed by atoms with Crippen molar-refractivity contribution in [2.45, 2.75) is 62.6 Å². The highest BCUT2D eigenvalue weighted by Crippen LogP contribution is 2.31. The monoisotopic (exact) mass is 478 g/mol. The van der Waals surface area contributed by atoms with Crippen molar-refractivity contribution in [3.05, 3.63) is 36.3 Å². The zero-order chi connectivity index (χ0) is 24.6. The summed E-state index contributed by atoms with van der Waals surface area (Å²) in [7, 11) is 1.54. The number of nitrogens with zero attached hydrogens (tertiary/aromatic N) is 4. The van der Waals surface area contributed by atoms with Crippen molar-refractivity contribution in [2.75, 3.05) is 12.8 Å². The maximum Gasteiger partial charge on any atom is 0.253 e. The predicted octanol–water partition coefficient (Wildman–Crippen LogP) is 1.42. The summed E-state index contributed by atoms with van der Waals surface area (Å²) >= 11 is 0. The SMILES string of the molecule is COc1cc(-c2cc(C(=O)NC3CCC(NC(=O)C4(N)CCC4)CC3)c3c(N)ncnn23)ccn1. The van der Waals surface area contributed by atoms with Gasteiger partial charge in [0.1, 0.15) is 11.8 Å². The minimum absolute atomic E-state index is 0.00327. The minimum atomic E-state index is -0.694. The van der Waals surface area contributed by atoms with E-state index in [-0.39, 0.29) is 29.7 Å². The molecular formula is C24H30N8O3. The Kier molecular flexibility index (Phi) is 6.01. The summed E-state index contributed by atoms with van der Waals surface area (Å²) in [6.07, 6.45) is 8.59. The topological polar surface area (TPSA) is 163 Å². The number of nitrogens with one attached hydrogen (secondary N) is 2. The number of carbonyl (C=O) groups is 2. The first-order valence-electron chi connectivity index (χ1n) is 11.9. The van der Waals surface area contributed by atoms with Crippen LogP contribution >= 0.6 is 0 Å². The molecule has 3 aromatic heterocycles. The Bertz CT molecular complexity index is 1260. The standard InChI is InChI=1S/C24H30N8O3/c1-35-19-11-14(7-10-27-19)18-12-17(20-21(25)28-13-29-32(18)20)22(33)30-15-3-5-16(6-4-15)31-23(34)24(26)8-2-9-24/h7,10-13,15-16H,2-6,8-9,26H2,1H3,(H,30,33)(H,31,34)(H2,25,28,29). The van der Waals surface area contributed by atoms with E-state index in [1.165, 1.54) is 6.33 Å². The number of methoxy groups -OCH3 is 1. The van der Waals surface area contributed by atoms with Crippen LogP contribution in [0.4, 0.5) is 5.82 Å². The van der Waals surface area contributed by atoms with Crippen LogP contribution in [-0.4, -0.2) is 56.1 Å². The van der Waals surface area contributed by atoms with E-state index in [0.717, 1.165) is 50.5 Å². The smallest absolute Gasteiger partial charge is 0.253 e. The van der Waals surface area contributed by atoms with E-state index in [4.69, 9.17) is 16.2 Å². The van der Waals surface area contributed by atoms with E-state index in [0.29, 0.717) is 22.7 Å². The van der Waals surface area contributed by atoms with Crippen LogP contribution in [0.1, 0.15) is 55.3 Å². The van der Waals surface area contributed by atoms with Crippen molar-refractivity contribution in [3.63, 3.8) is 0 Å². The Morgan fingerprint density at radius 3 is 2.49 bits per heavy atom. The lowest BCUT2D eigenvalue weighted by molar-refractivity contribution is -0.130. The quantitative estimate of drug-likeness (QED) is 0.413. The molecule has 0 aliphatic heterocycles. The second-order valence-corrected chi connectivity index (χ2v) is 9.44. The molecule has 0 saturated heterocycles. The van der Waals surface area contributed by atoms with Crippen LogP contribution < -0.4 is 26.8 Å². The highest BCUT2D eigenvalue weighted by atomic mass is 16.5. The van der Waals surface area contributed by atoms with Crippen LogP contribution in [0.15, 0.2) is 30.7 Å². The average Bonchev–Trinajstić information content (AvgIpc) is 3.25. The van der Waals surface area contributed by atoms with E-state index < -0.39 is 5.54 Å². The summed E-state index contributed by atoms with van der Waals surface area (Å²) in [5.41, 5.74) is 13.9. The van der Waals surface area contributed by atoms with Gasteiger partial charge in [-0.3, -0.25) is 9.59 Å². The Hall–Kier alpha value is -3.73. The number of fused-ring (bicyclic) bond motifs is 1. The predicted molar refractivity (Wildman–Crippen MR) is 130 cm³/mol. The number of nitrogen functional groups attached to an aromatic ring is 1. The molecule has 2 amide bonds. The van der Waals surface area contributed by atoms with E-state index >= 15 is 0 Å². The molecule has 2 fully saturated rings. The number of hydrogen-bond acceptors (Lipinski definition) is 8. The summed E-state index contributed by atoms with van der Waals surface area (Å²) in [4.78, 5) is 34.0. The van der Waals surface area contributed by atoms with Crippen LogP contribution in [0.25, 0.3) is 16.8 Å².